The van der Waals surface area contributed by atoms with Gasteiger partial charge in [-0.2, -0.15) is 13.2 Å². The molecule has 3 nitrogen and oxygen atoms in total. The molecule has 0 bridgehead atoms. The van der Waals surface area contributed by atoms with E-state index in [9.17, 15) is 28.5 Å². The molecule has 1 aliphatic carbocycles. The number of hydrogen-bond acceptors (Lipinski definition) is 3. The maximum atomic E-state index is 13.4. The number of aliphatic hydroxyl groups is 3. The summed E-state index contributed by atoms with van der Waals surface area (Å²) in [6, 6.07) is 10.4. The molecular formula is C19H19F3O3. The van der Waals surface area contributed by atoms with Crippen molar-refractivity contribution >= 4 is 0 Å². The molecule has 1 atom stereocenters. The van der Waals surface area contributed by atoms with Crippen LogP contribution in [0.1, 0.15) is 40.2 Å². The summed E-state index contributed by atoms with van der Waals surface area (Å²) in [4.78, 5) is 0. The van der Waals surface area contributed by atoms with Crippen LogP contribution in [0.4, 0.5) is 13.2 Å². The van der Waals surface area contributed by atoms with Crippen LogP contribution in [0.25, 0.3) is 0 Å². The number of hydrogen-bond donors (Lipinski definition) is 3. The SMILES string of the molecule is OCc1ccc2c(c1)C(c1ccccc1C(F)(F)F)CC2(CO)CO. The molecule has 3 N–H and O–H groups in total. The molecule has 134 valence electrons. The van der Waals surface area contributed by atoms with Gasteiger partial charge in [-0.05, 0) is 34.7 Å². The lowest BCUT2D eigenvalue weighted by Crippen LogP contribution is -2.32. The summed E-state index contributed by atoms with van der Waals surface area (Å²) in [6.45, 7) is -0.953. The first-order valence-electron chi connectivity index (χ1n) is 7.98. The number of alkyl halides is 3. The normalized spacial score (nSPS) is 19.0. The number of fused-ring (bicyclic) bond motifs is 1. The minimum absolute atomic E-state index is 0.120. The lowest BCUT2D eigenvalue weighted by molar-refractivity contribution is -0.138. The summed E-state index contributed by atoms with van der Waals surface area (Å²) in [5, 5.41) is 29.1. The summed E-state index contributed by atoms with van der Waals surface area (Å²) < 4.78 is 40.3. The summed E-state index contributed by atoms with van der Waals surface area (Å²) in [6.07, 6.45) is -4.31. The van der Waals surface area contributed by atoms with Crippen LogP contribution in [0.15, 0.2) is 42.5 Å². The van der Waals surface area contributed by atoms with Crippen molar-refractivity contribution in [1.29, 1.82) is 0 Å². The van der Waals surface area contributed by atoms with Crippen LogP contribution < -0.4 is 0 Å². The average molecular weight is 352 g/mol. The van der Waals surface area contributed by atoms with Crippen LogP contribution in [-0.4, -0.2) is 28.5 Å². The highest BCUT2D eigenvalue weighted by atomic mass is 19.4. The second kappa shape index (κ2) is 6.44. The van der Waals surface area contributed by atoms with Crippen LogP contribution >= 0.6 is 0 Å². The Kier molecular flexibility index (Phi) is 4.62. The van der Waals surface area contributed by atoms with Gasteiger partial charge in [0.25, 0.3) is 0 Å². The second-order valence-electron chi connectivity index (χ2n) is 6.52. The number of benzene rings is 2. The van der Waals surface area contributed by atoms with Gasteiger partial charge < -0.3 is 15.3 Å². The van der Waals surface area contributed by atoms with Gasteiger partial charge in [-0.15, -0.1) is 0 Å². The molecule has 0 heterocycles. The minimum atomic E-state index is -4.49. The Labute approximate surface area is 143 Å². The monoisotopic (exact) mass is 352 g/mol. The van der Waals surface area contributed by atoms with Gasteiger partial charge in [0, 0.05) is 11.3 Å². The molecule has 1 unspecified atom stereocenters. The van der Waals surface area contributed by atoms with Crippen molar-refractivity contribution in [2.45, 2.75) is 30.5 Å². The van der Waals surface area contributed by atoms with Gasteiger partial charge in [0.15, 0.2) is 0 Å². The van der Waals surface area contributed by atoms with Gasteiger partial charge >= 0.3 is 6.18 Å². The molecule has 0 aromatic heterocycles. The van der Waals surface area contributed by atoms with E-state index in [0.29, 0.717) is 16.7 Å². The highest BCUT2D eigenvalue weighted by Gasteiger charge is 2.46. The van der Waals surface area contributed by atoms with E-state index in [0.717, 1.165) is 6.07 Å². The predicted molar refractivity (Wildman–Crippen MR) is 86.1 cm³/mol. The van der Waals surface area contributed by atoms with Crippen LogP contribution in [0, 0.1) is 0 Å². The number of halogens is 3. The van der Waals surface area contributed by atoms with Crippen molar-refractivity contribution in [2.75, 3.05) is 13.2 Å². The van der Waals surface area contributed by atoms with Crippen molar-refractivity contribution in [3.05, 3.63) is 70.3 Å². The van der Waals surface area contributed by atoms with E-state index in [-0.39, 0.29) is 31.8 Å². The van der Waals surface area contributed by atoms with E-state index in [4.69, 9.17) is 0 Å². The Morgan fingerprint density at radius 2 is 1.64 bits per heavy atom. The van der Waals surface area contributed by atoms with E-state index in [1.165, 1.54) is 12.1 Å². The first kappa shape index (κ1) is 17.9. The van der Waals surface area contributed by atoms with Crippen LogP contribution in [0.2, 0.25) is 0 Å². The van der Waals surface area contributed by atoms with Crippen molar-refractivity contribution < 1.29 is 28.5 Å². The van der Waals surface area contributed by atoms with Crippen molar-refractivity contribution in [3.8, 4) is 0 Å². The zero-order chi connectivity index (χ0) is 18.2. The first-order chi connectivity index (χ1) is 11.9. The molecule has 0 saturated heterocycles. The Bertz CT molecular complexity index is 767. The fourth-order valence-electron chi connectivity index (χ4n) is 3.78. The third kappa shape index (κ3) is 2.94. The quantitative estimate of drug-likeness (QED) is 0.793. The fourth-order valence-corrected chi connectivity index (χ4v) is 3.78. The summed E-state index contributed by atoms with van der Waals surface area (Å²) >= 11 is 0. The standard InChI is InChI=1S/C19H19F3O3/c20-19(21,22)17-4-2-1-3-13(17)15-8-18(10-24,11-25)16-6-5-12(9-23)7-14(15)16/h1-7,15,23-25H,8-11H2. The largest absolute Gasteiger partial charge is 0.416 e. The van der Waals surface area contributed by atoms with Crippen LogP contribution in [-0.2, 0) is 18.2 Å². The molecule has 1 aliphatic rings. The summed E-state index contributed by atoms with van der Waals surface area (Å²) in [7, 11) is 0. The third-order valence-corrected chi connectivity index (χ3v) is 5.09. The fraction of sp³-hybridized carbons (Fsp3) is 0.368. The molecule has 0 fully saturated rings. The number of rotatable bonds is 4. The molecule has 0 radical (unpaired) electrons. The molecular weight excluding hydrogens is 333 g/mol. The molecule has 2 aromatic carbocycles. The Morgan fingerprint density at radius 3 is 2.24 bits per heavy atom. The molecule has 0 aliphatic heterocycles. The minimum Gasteiger partial charge on any atom is -0.395 e. The van der Waals surface area contributed by atoms with Gasteiger partial charge in [0.2, 0.25) is 0 Å². The van der Waals surface area contributed by atoms with Gasteiger partial charge in [-0.25, -0.2) is 0 Å². The first-order valence-corrected chi connectivity index (χ1v) is 7.98. The lowest BCUT2D eigenvalue weighted by atomic mass is 9.81. The zero-order valence-corrected chi connectivity index (χ0v) is 13.4. The molecule has 25 heavy (non-hydrogen) atoms. The van der Waals surface area contributed by atoms with Crippen LogP contribution in [0.3, 0.4) is 0 Å². The van der Waals surface area contributed by atoms with Gasteiger partial charge in [-0.3, -0.25) is 0 Å². The van der Waals surface area contributed by atoms with E-state index in [2.05, 4.69) is 0 Å². The summed E-state index contributed by atoms with van der Waals surface area (Å²) in [5.74, 6) is -0.612. The van der Waals surface area contributed by atoms with Crippen LogP contribution in [0.5, 0.6) is 0 Å². The Morgan fingerprint density at radius 1 is 0.960 bits per heavy atom. The van der Waals surface area contributed by atoms with Gasteiger partial charge in [0.05, 0.1) is 25.4 Å². The Balaban J connectivity index is 2.21. The van der Waals surface area contributed by atoms with E-state index < -0.39 is 23.1 Å². The maximum absolute atomic E-state index is 13.4. The molecule has 6 heteroatoms. The smallest absolute Gasteiger partial charge is 0.395 e. The maximum Gasteiger partial charge on any atom is 0.416 e. The molecule has 0 amide bonds. The van der Waals surface area contributed by atoms with E-state index in [1.54, 1.807) is 24.3 Å². The van der Waals surface area contributed by atoms with E-state index in [1.807, 2.05) is 0 Å². The molecule has 3 rings (SSSR count). The topological polar surface area (TPSA) is 60.7 Å². The molecule has 0 saturated carbocycles. The van der Waals surface area contributed by atoms with Crippen molar-refractivity contribution in [2.24, 2.45) is 0 Å². The van der Waals surface area contributed by atoms with Crippen molar-refractivity contribution in [3.63, 3.8) is 0 Å². The second-order valence-corrected chi connectivity index (χ2v) is 6.52. The Hall–Kier alpha value is -1.89. The van der Waals surface area contributed by atoms with Gasteiger partial charge in [-0.1, -0.05) is 36.4 Å². The molecule has 0 spiro atoms. The number of aliphatic hydroxyl groups excluding tert-OH is 3. The van der Waals surface area contributed by atoms with Gasteiger partial charge in [0.1, 0.15) is 0 Å². The summed E-state index contributed by atoms with van der Waals surface area (Å²) in [5.41, 5.74) is 0.247. The highest BCUT2D eigenvalue weighted by Crippen LogP contribution is 2.51. The van der Waals surface area contributed by atoms with E-state index >= 15 is 0 Å². The average Bonchev–Trinajstić information content (AvgIpc) is 2.95. The molecule has 2 aromatic rings. The third-order valence-electron chi connectivity index (χ3n) is 5.09. The lowest BCUT2D eigenvalue weighted by Gasteiger charge is -2.26. The predicted octanol–water partition coefficient (Wildman–Crippen LogP) is 2.96. The zero-order valence-electron chi connectivity index (χ0n) is 13.4. The highest BCUT2D eigenvalue weighted by molar-refractivity contribution is 5.51. The van der Waals surface area contributed by atoms with Crippen molar-refractivity contribution in [1.82, 2.24) is 0 Å².